The van der Waals surface area contributed by atoms with Gasteiger partial charge in [-0.25, -0.2) is 0 Å². The van der Waals surface area contributed by atoms with Crippen molar-refractivity contribution in [1.82, 2.24) is 19.7 Å². The van der Waals surface area contributed by atoms with Gasteiger partial charge in [0.25, 0.3) is 0 Å². The van der Waals surface area contributed by atoms with Crippen LogP contribution in [0.1, 0.15) is 5.56 Å². The molecule has 0 saturated carbocycles. The van der Waals surface area contributed by atoms with Crippen LogP contribution < -0.4 is 0 Å². The van der Waals surface area contributed by atoms with Crippen molar-refractivity contribution in [3.8, 4) is 0 Å². The first-order valence-corrected chi connectivity index (χ1v) is 10.2. The first kappa shape index (κ1) is 19.6. The SMILES string of the molecule is O=C(CSCc1cccnc1)N1CCN(C(=O)C(=O)N2CCOCC2)CC1. The van der Waals surface area contributed by atoms with Gasteiger partial charge in [-0.1, -0.05) is 6.07 Å². The molecule has 27 heavy (non-hydrogen) atoms. The largest absolute Gasteiger partial charge is 0.378 e. The lowest BCUT2D eigenvalue weighted by atomic mass is 10.3. The van der Waals surface area contributed by atoms with Gasteiger partial charge in [0.05, 0.1) is 19.0 Å². The van der Waals surface area contributed by atoms with E-state index in [1.807, 2.05) is 12.1 Å². The Balaban J connectivity index is 1.39. The van der Waals surface area contributed by atoms with Crippen molar-refractivity contribution in [2.75, 3.05) is 58.2 Å². The Morgan fingerprint density at radius 2 is 1.59 bits per heavy atom. The number of aromatic nitrogens is 1. The summed E-state index contributed by atoms with van der Waals surface area (Å²) < 4.78 is 5.21. The van der Waals surface area contributed by atoms with E-state index < -0.39 is 11.8 Å². The topological polar surface area (TPSA) is 83.1 Å². The highest BCUT2D eigenvalue weighted by Crippen LogP contribution is 2.13. The molecular weight excluding hydrogens is 368 g/mol. The molecule has 0 aromatic carbocycles. The van der Waals surface area contributed by atoms with E-state index in [2.05, 4.69) is 4.98 Å². The first-order valence-electron chi connectivity index (χ1n) is 9.05. The second-order valence-corrected chi connectivity index (χ2v) is 7.42. The number of hydrogen-bond acceptors (Lipinski definition) is 6. The van der Waals surface area contributed by atoms with Crippen LogP contribution in [0, 0.1) is 0 Å². The number of carbonyl (C=O) groups is 3. The quantitative estimate of drug-likeness (QED) is 0.663. The van der Waals surface area contributed by atoms with Gasteiger partial charge >= 0.3 is 11.8 Å². The van der Waals surface area contributed by atoms with E-state index in [0.29, 0.717) is 58.2 Å². The van der Waals surface area contributed by atoms with Crippen molar-refractivity contribution in [3.63, 3.8) is 0 Å². The summed E-state index contributed by atoms with van der Waals surface area (Å²) in [5.74, 6) is 0.261. The minimum absolute atomic E-state index is 0.0653. The summed E-state index contributed by atoms with van der Waals surface area (Å²) >= 11 is 1.55. The average molecular weight is 392 g/mol. The zero-order valence-corrected chi connectivity index (χ0v) is 16.0. The van der Waals surface area contributed by atoms with Gasteiger partial charge < -0.3 is 19.4 Å². The summed E-state index contributed by atoms with van der Waals surface area (Å²) in [5.41, 5.74) is 1.09. The summed E-state index contributed by atoms with van der Waals surface area (Å²) in [6, 6.07) is 3.87. The number of ether oxygens (including phenoxy) is 1. The van der Waals surface area contributed by atoms with Gasteiger partial charge in [-0.05, 0) is 11.6 Å². The minimum Gasteiger partial charge on any atom is -0.378 e. The van der Waals surface area contributed by atoms with E-state index in [1.165, 1.54) is 0 Å². The van der Waals surface area contributed by atoms with Gasteiger partial charge in [0, 0.05) is 57.4 Å². The summed E-state index contributed by atoms with van der Waals surface area (Å²) in [7, 11) is 0. The number of morpholine rings is 1. The molecule has 0 N–H and O–H groups in total. The van der Waals surface area contributed by atoms with Crippen LogP contribution in [0.5, 0.6) is 0 Å². The summed E-state index contributed by atoms with van der Waals surface area (Å²) in [6.07, 6.45) is 3.53. The molecule has 0 radical (unpaired) electrons. The van der Waals surface area contributed by atoms with Crippen molar-refractivity contribution in [2.45, 2.75) is 5.75 Å². The molecule has 0 spiro atoms. The fraction of sp³-hybridized carbons (Fsp3) is 0.556. The fourth-order valence-corrected chi connectivity index (χ4v) is 3.89. The van der Waals surface area contributed by atoms with Gasteiger partial charge in [-0.15, -0.1) is 11.8 Å². The maximum atomic E-state index is 12.4. The maximum absolute atomic E-state index is 12.4. The van der Waals surface area contributed by atoms with E-state index in [9.17, 15) is 14.4 Å². The van der Waals surface area contributed by atoms with E-state index in [4.69, 9.17) is 4.74 Å². The van der Waals surface area contributed by atoms with Crippen molar-refractivity contribution < 1.29 is 19.1 Å². The van der Waals surface area contributed by atoms with Crippen LogP contribution in [0.3, 0.4) is 0 Å². The highest BCUT2D eigenvalue weighted by Gasteiger charge is 2.31. The molecule has 8 nitrogen and oxygen atoms in total. The van der Waals surface area contributed by atoms with Crippen LogP contribution in [-0.4, -0.2) is 95.6 Å². The summed E-state index contributed by atoms with van der Waals surface area (Å²) in [5, 5.41) is 0. The zero-order valence-electron chi connectivity index (χ0n) is 15.2. The molecule has 1 aromatic rings. The second-order valence-electron chi connectivity index (χ2n) is 6.43. The number of hydrogen-bond donors (Lipinski definition) is 0. The number of thioether (sulfide) groups is 1. The van der Waals surface area contributed by atoms with Crippen LogP contribution in [0.15, 0.2) is 24.5 Å². The Labute approximate surface area is 162 Å². The Morgan fingerprint density at radius 3 is 2.22 bits per heavy atom. The third kappa shape index (κ3) is 5.43. The average Bonchev–Trinajstić information content (AvgIpc) is 2.74. The molecule has 3 amide bonds. The Hall–Kier alpha value is -2.13. The first-order chi connectivity index (χ1) is 13.1. The molecule has 9 heteroatoms. The molecule has 0 aliphatic carbocycles. The number of pyridine rings is 1. The fourth-order valence-electron chi connectivity index (χ4n) is 3.03. The molecule has 2 fully saturated rings. The maximum Gasteiger partial charge on any atom is 0.312 e. The molecule has 0 bridgehead atoms. The third-order valence-corrected chi connectivity index (χ3v) is 5.61. The van der Waals surface area contributed by atoms with Crippen molar-refractivity contribution >= 4 is 29.5 Å². The molecule has 146 valence electrons. The standard InChI is InChI=1S/C18H24N4O4S/c23-16(14-27-13-15-2-1-3-19-12-15)20-4-6-21(7-5-20)17(24)18(25)22-8-10-26-11-9-22/h1-3,12H,4-11,13-14H2. The highest BCUT2D eigenvalue weighted by molar-refractivity contribution is 7.99. The lowest BCUT2D eigenvalue weighted by Crippen LogP contribution is -2.55. The van der Waals surface area contributed by atoms with Crippen molar-refractivity contribution in [2.24, 2.45) is 0 Å². The third-order valence-electron chi connectivity index (χ3n) is 4.62. The Morgan fingerprint density at radius 1 is 0.963 bits per heavy atom. The van der Waals surface area contributed by atoms with Gasteiger partial charge in [-0.3, -0.25) is 19.4 Å². The Kier molecular flexibility index (Phi) is 7.05. The van der Waals surface area contributed by atoms with E-state index in [-0.39, 0.29) is 5.91 Å². The molecule has 2 saturated heterocycles. The summed E-state index contributed by atoms with van der Waals surface area (Å²) in [4.78, 5) is 45.9. The van der Waals surface area contributed by atoms with Crippen molar-refractivity contribution in [1.29, 1.82) is 0 Å². The van der Waals surface area contributed by atoms with Gasteiger partial charge in [0.2, 0.25) is 5.91 Å². The van der Waals surface area contributed by atoms with Gasteiger partial charge in [0.1, 0.15) is 0 Å². The molecule has 1 aromatic heterocycles. The molecule has 0 unspecified atom stereocenters. The van der Waals surface area contributed by atoms with E-state index in [1.54, 1.807) is 38.9 Å². The lowest BCUT2D eigenvalue weighted by molar-refractivity contribution is -0.155. The van der Waals surface area contributed by atoms with Crippen LogP contribution in [0.4, 0.5) is 0 Å². The predicted octanol–water partition coefficient (Wildman–Crippen LogP) is -0.156. The summed E-state index contributed by atoms with van der Waals surface area (Å²) in [6.45, 7) is 3.58. The second kappa shape index (κ2) is 9.70. The van der Waals surface area contributed by atoms with Crippen LogP contribution in [0.25, 0.3) is 0 Å². The monoisotopic (exact) mass is 392 g/mol. The Bertz CT molecular complexity index is 659. The number of nitrogens with zero attached hydrogens (tertiary/aromatic N) is 4. The number of piperazine rings is 1. The molecule has 3 heterocycles. The molecule has 3 rings (SSSR count). The lowest BCUT2D eigenvalue weighted by Gasteiger charge is -2.35. The molecule has 0 atom stereocenters. The smallest absolute Gasteiger partial charge is 0.312 e. The van der Waals surface area contributed by atoms with Crippen LogP contribution in [-0.2, 0) is 24.9 Å². The van der Waals surface area contributed by atoms with E-state index in [0.717, 1.165) is 11.3 Å². The molecular formula is C18H24N4O4S. The van der Waals surface area contributed by atoms with Gasteiger partial charge in [0.15, 0.2) is 0 Å². The number of carbonyl (C=O) groups excluding carboxylic acids is 3. The normalized spacial score (nSPS) is 17.7. The zero-order chi connectivity index (χ0) is 19.1. The highest BCUT2D eigenvalue weighted by atomic mass is 32.2. The molecule has 2 aliphatic rings. The predicted molar refractivity (Wildman–Crippen MR) is 101 cm³/mol. The van der Waals surface area contributed by atoms with E-state index >= 15 is 0 Å². The minimum atomic E-state index is -0.477. The number of rotatable bonds is 4. The number of amides is 3. The van der Waals surface area contributed by atoms with Crippen LogP contribution >= 0.6 is 11.8 Å². The molecule has 2 aliphatic heterocycles. The van der Waals surface area contributed by atoms with Crippen molar-refractivity contribution in [3.05, 3.63) is 30.1 Å². The van der Waals surface area contributed by atoms with Crippen LogP contribution in [0.2, 0.25) is 0 Å². The van der Waals surface area contributed by atoms with Gasteiger partial charge in [-0.2, -0.15) is 0 Å².